The van der Waals surface area contributed by atoms with E-state index in [1.165, 1.54) is 0 Å². The molecular weight excluding hydrogens is 216 g/mol. The van der Waals surface area contributed by atoms with Gasteiger partial charge in [0.2, 0.25) is 5.91 Å². The van der Waals surface area contributed by atoms with Crippen molar-refractivity contribution in [3.05, 3.63) is 0 Å². The number of nitrogens with two attached hydrogens (primary N) is 1. The predicted molar refractivity (Wildman–Crippen MR) is 54.7 cm³/mol. The molecule has 0 aliphatic rings. The lowest BCUT2D eigenvalue weighted by Crippen LogP contribution is -2.30. The van der Waals surface area contributed by atoms with Gasteiger partial charge in [0.25, 0.3) is 0 Å². The summed E-state index contributed by atoms with van der Waals surface area (Å²) in [5, 5.41) is 19.2. The number of carboxylic acids is 2. The first-order chi connectivity index (χ1) is 7.43. The molecule has 0 rings (SSSR count). The lowest BCUT2D eigenvalue weighted by atomic mass is 10.1. The minimum atomic E-state index is -1.18. The summed E-state index contributed by atoms with van der Waals surface area (Å²) in [6, 6.07) is -0.880. The summed E-state index contributed by atoms with van der Waals surface area (Å²) >= 11 is 0. The van der Waals surface area contributed by atoms with Crippen LogP contribution in [0, 0.1) is 0 Å². The number of unbranched alkanes of at least 4 members (excludes halogenated alkanes) is 1. The first-order valence-corrected chi connectivity index (χ1v) is 4.90. The Morgan fingerprint density at radius 2 is 1.81 bits per heavy atom. The van der Waals surface area contributed by atoms with Crippen molar-refractivity contribution in [1.29, 1.82) is 0 Å². The molecule has 0 saturated heterocycles. The minimum Gasteiger partial charge on any atom is -0.481 e. The highest BCUT2D eigenvalue weighted by Crippen LogP contribution is 1.98. The maximum absolute atomic E-state index is 10.8. The van der Waals surface area contributed by atoms with E-state index in [1.54, 1.807) is 0 Å². The molecule has 7 nitrogen and oxygen atoms in total. The maximum atomic E-state index is 10.8. The lowest BCUT2D eigenvalue weighted by Gasteiger charge is -2.06. The van der Waals surface area contributed by atoms with Gasteiger partial charge in [0.1, 0.15) is 12.5 Å². The normalized spacial score (nSPS) is 11.8. The summed E-state index contributed by atoms with van der Waals surface area (Å²) in [6.45, 7) is 0.332. The van der Waals surface area contributed by atoms with Gasteiger partial charge in [-0.25, -0.2) is 0 Å². The molecule has 0 aromatic rings. The minimum absolute atomic E-state index is 0.332. The number of carbonyl (C=O) groups excluding carboxylic acids is 1. The number of rotatable bonds is 8. The zero-order valence-corrected chi connectivity index (χ0v) is 8.81. The average molecular weight is 232 g/mol. The molecule has 0 fully saturated rings. The molecule has 7 heteroatoms. The zero-order chi connectivity index (χ0) is 12.6. The van der Waals surface area contributed by atoms with E-state index in [-0.39, 0.29) is 0 Å². The van der Waals surface area contributed by atoms with Crippen LogP contribution in [0.25, 0.3) is 0 Å². The number of aliphatic carboxylic acids is 2. The topological polar surface area (TPSA) is 130 Å². The second-order valence-corrected chi connectivity index (χ2v) is 3.36. The van der Waals surface area contributed by atoms with Crippen LogP contribution in [-0.2, 0) is 14.4 Å². The molecule has 16 heavy (non-hydrogen) atoms. The highest BCUT2D eigenvalue weighted by atomic mass is 16.4. The zero-order valence-electron chi connectivity index (χ0n) is 8.81. The fourth-order valence-electron chi connectivity index (χ4n) is 1.04. The Morgan fingerprint density at radius 1 is 1.19 bits per heavy atom. The van der Waals surface area contributed by atoms with Crippen molar-refractivity contribution in [2.24, 2.45) is 5.73 Å². The fourth-order valence-corrected chi connectivity index (χ4v) is 1.04. The average Bonchev–Trinajstić information content (AvgIpc) is 2.15. The van der Waals surface area contributed by atoms with Gasteiger partial charge in [-0.3, -0.25) is 14.4 Å². The van der Waals surface area contributed by atoms with Crippen LogP contribution in [-0.4, -0.2) is 40.6 Å². The molecule has 1 amide bonds. The number of carbonyl (C=O) groups is 3. The van der Waals surface area contributed by atoms with Crippen molar-refractivity contribution in [1.82, 2.24) is 5.32 Å². The predicted octanol–water partition coefficient (Wildman–Crippen LogP) is -0.840. The molecule has 0 saturated carbocycles. The molecular formula is C9H16N2O5. The number of hydrogen-bond donors (Lipinski definition) is 4. The van der Waals surface area contributed by atoms with Crippen molar-refractivity contribution in [3.8, 4) is 0 Å². The van der Waals surface area contributed by atoms with Crippen LogP contribution in [0.3, 0.4) is 0 Å². The second-order valence-electron chi connectivity index (χ2n) is 3.36. The smallest absolute Gasteiger partial charge is 0.320 e. The number of amides is 1. The van der Waals surface area contributed by atoms with Crippen LogP contribution in [0.4, 0.5) is 0 Å². The van der Waals surface area contributed by atoms with Gasteiger partial charge in [0, 0.05) is 6.54 Å². The van der Waals surface area contributed by atoms with Gasteiger partial charge in [0.15, 0.2) is 0 Å². The highest BCUT2D eigenvalue weighted by molar-refractivity contribution is 5.93. The fraction of sp³-hybridized carbons (Fsp3) is 0.667. The molecule has 0 bridgehead atoms. The largest absolute Gasteiger partial charge is 0.481 e. The van der Waals surface area contributed by atoms with E-state index in [4.69, 9.17) is 15.9 Å². The standard InChI is InChI=1S/C9H16N2O5/c10-6(9(15)16)3-1-2-4-11-7(12)5-8(13)14/h6H,1-5,10H2,(H,11,12)(H,13,14)(H,15,16)/t6-/m0/s1. The number of nitrogens with one attached hydrogen (secondary N) is 1. The molecule has 92 valence electrons. The second kappa shape index (κ2) is 7.63. The summed E-state index contributed by atoms with van der Waals surface area (Å²) in [6.07, 6.45) is 0.936. The first-order valence-electron chi connectivity index (χ1n) is 4.90. The third kappa shape index (κ3) is 7.74. The summed E-state index contributed by atoms with van der Waals surface area (Å²) in [5.74, 6) is -2.77. The van der Waals surface area contributed by atoms with E-state index >= 15 is 0 Å². The molecule has 5 N–H and O–H groups in total. The molecule has 0 radical (unpaired) electrons. The van der Waals surface area contributed by atoms with E-state index < -0.39 is 30.3 Å². The maximum Gasteiger partial charge on any atom is 0.320 e. The van der Waals surface area contributed by atoms with Crippen LogP contribution in [0.5, 0.6) is 0 Å². The van der Waals surface area contributed by atoms with Crippen molar-refractivity contribution >= 4 is 17.8 Å². The van der Waals surface area contributed by atoms with Crippen LogP contribution >= 0.6 is 0 Å². The number of carboxylic acid groups (broad SMARTS) is 2. The summed E-state index contributed by atoms with van der Waals surface area (Å²) in [7, 11) is 0. The van der Waals surface area contributed by atoms with Gasteiger partial charge in [-0.05, 0) is 19.3 Å². The van der Waals surface area contributed by atoms with E-state index in [9.17, 15) is 14.4 Å². The molecule has 0 aliphatic heterocycles. The monoisotopic (exact) mass is 232 g/mol. The van der Waals surface area contributed by atoms with E-state index in [1.807, 2.05) is 0 Å². The Kier molecular flexibility index (Phi) is 6.86. The molecule has 0 aromatic heterocycles. The van der Waals surface area contributed by atoms with Gasteiger partial charge in [-0.15, -0.1) is 0 Å². The van der Waals surface area contributed by atoms with Crippen LogP contribution < -0.4 is 11.1 Å². The Labute approximate surface area is 92.6 Å². The molecule has 1 atom stereocenters. The molecule has 0 heterocycles. The Hall–Kier alpha value is -1.63. The van der Waals surface area contributed by atoms with Gasteiger partial charge < -0.3 is 21.3 Å². The van der Waals surface area contributed by atoms with Gasteiger partial charge in [0.05, 0.1) is 0 Å². The summed E-state index contributed by atoms with van der Waals surface area (Å²) in [4.78, 5) is 31.3. The van der Waals surface area contributed by atoms with Gasteiger partial charge >= 0.3 is 11.9 Å². The molecule has 0 aliphatic carbocycles. The van der Waals surface area contributed by atoms with Crippen LogP contribution in [0.1, 0.15) is 25.7 Å². The SMILES string of the molecule is N[C@@H](CCCCNC(=O)CC(=O)O)C(=O)O. The number of hydrogen-bond acceptors (Lipinski definition) is 4. The Morgan fingerprint density at radius 3 is 2.31 bits per heavy atom. The van der Waals surface area contributed by atoms with E-state index in [0.29, 0.717) is 25.8 Å². The third-order valence-corrected chi connectivity index (χ3v) is 1.89. The van der Waals surface area contributed by atoms with Crippen molar-refractivity contribution in [3.63, 3.8) is 0 Å². The van der Waals surface area contributed by atoms with Crippen molar-refractivity contribution in [2.75, 3.05) is 6.54 Å². The van der Waals surface area contributed by atoms with Crippen LogP contribution in [0.15, 0.2) is 0 Å². The lowest BCUT2D eigenvalue weighted by molar-refractivity contribution is -0.141. The quantitative estimate of drug-likeness (QED) is 0.319. The Balaban J connectivity index is 3.43. The van der Waals surface area contributed by atoms with Crippen molar-refractivity contribution < 1.29 is 24.6 Å². The van der Waals surface area contributed by atoms with Gasteiger partial charge in [-0.2, -0.15) is 0 Å². The molecule has 0 unspecified atom stereocenters. The highest BCUT2D eigenvalue weighted by Gasteiger charge is 2.10. The van der Waals surface area contributed by atoms with Crippen molar-refractivity contribution in [2.45, 2.75) is 31.7 Å². The summed E-state index contributed by atoms with van der Waals surface area (Å²) in [5.41, 5.74) is 5.26. The Bertz CT molecular complexity index is 267. The van der Waals surface area contributed by atoms with Gasteiger partial charge in [-0.1, -0.05) is 0 Å². The van der Waals surface area contributed by atoms with Crippen LogP contribution in [0.2, 0.25) is 0 Å². The molecule has 0 aromatic carbocycles. The third-order valence-electron chi connectivity index (χ3n) is 1.89. The summed E-state index contributed by atoms with van der Waals surface area (Å²) < 4.78 is 0. The first kappa shape index (κ1) is 14.4. The molecule has 0 spiro atoms. The van der Waals surface area contributed by atoms with E-state index in [0.717, 1.165) is 0 Å². The van der Waals surface area contributed by atoms with E-state index in [2.05, 4.69) is 5.32 Å².